The normalized spacial score (nSPS) is 12.8. The average molecular weight is 450 g/mol. The van der Waals surface area contributed by atoms with E-state index in [9.17, 15) is 10.1 Å². The molecule has 0 amide bonds. The Kier molecular flexibility index (Phi) is 11.0. The van der Waals surface area contributed by atoms with Crippen molar-refractivity contribution >= 4 is 5.97 Å². The van der Waals surface area contributed by atoms with Crippen LogP contribution >= 0.6 is 0 Å². The van der Waals surface area contributed by atoms with E-state index in [1.54, 1.807) is 19.1 Å². The number of aryl methyl sites for hydroxylation is 1. The molecule has 0 saturated heterocycles. The van der Waals surface area contributed by atoms with Crippen LogP contribution in [0.5, 0.6) is 5.75 Å². The highest BCUT2D eigenvalue weighted by atomic mass is 16.5. The first kappa shape index (κ1) is 26.5. The van der Waals surface area contributed by atoms with E-state index in [4.69, 9.17) is 4.74 Å². The fourth-order valence-electron chi connectivity index (χ4n) is 3.98. The number of unbranched alkanes of at least 4 members (excludes halogenated alkanes) is 7. The van der Waals surface area contributed by atoms with Crippen LogP contribution in [-0.4, -0.2) is 15.9 Å². The SMILES string of the molecule is CCCCCCCCCCc1cnc(-c2ccc(OC(=O)C(C)(C#N)CC(C)C)cc2)nc1. The van der Waals surface area contributed by atoms with Gasteiger partial charge in [0.1, 0.15) is 5.75 Å². The van der Waals surface area contributed by atoms with Crippen molar-refractivity contribution in [3.05, 3.63) is 42.2 Å². The van der Waals surface area contributed by atoms with Gasteiger partial charge in [-0.15, -0.1) is 0 Å². The molecule has 2 aromatic rings. The van der Waals surface area contributed by atoms with E-state index in [1.165, 1.54) is 51.4 Å². The fourth-order valence-corrected chi connectivity index (χ4v) is 3.98. The zero-order valence-corrected chi connectivity index (χ0v) is 20.8. The Labute approximate surface area is 199 Å². The predicted octanol–water partition coefficient (Wildman–Crippen LogP) is 7.31. The number of benzene rings is 1. The lowest BCUT2D eigenvalue weighted by Crippen LogP contribution is -2.32. The molecule has 0 radical (unpaired) electrons. The van der Waals surface area contributed by atoms with Gasteiger partial charge in [-0.05, 0) is 61.9 Å². The van der Waals surface area contributed by atoms with Crippen LogP contribution in [0.4, 0.5) is 0 Å². The van der Waals surface area contributed by atoms with Crippen LogP contribution in [0.25, 0.3) is 11.4 Å². The molecule has 0 saturated carbocycles. The molecule has 0 aliphatic rings. The van der Waals surface area contributed by atoms with Crippen molar-refractivity contribution in [3.63, 3.8) is 0 Å². The maximum absolute atomic E-state index is 12.5. The van der Waals surface area contributed by atoms with E-state index in [2.05, 4.69) is 23.0 Å². The second-order valence-electron chi connectivity index (χ2n) is 9.60. The first-order valence-corrected chi connectivity index (χ1v) is 12.4. The molecule has 178 valence electrons. The Morgan fingerprint density at radius 2 is 1.58 bits per heavy atom. The predicted molar refractivity (Wildman–Crippen MR) is 133 cm³/mol. The van der Waals surface area contributed by atoms with E-state index in [1.807, 2.05) is 38.4 Å². The Bertz CT molecular complexity index is 885. The van der Waals surface area contributed by atoms with Gasteiger partial charge in [-0.3, -0.25) is 0 Å². The summed E-state index contributed by atoms with van der Waals surface area (Å²) in [4.78, 5) is 21.5. The molecule has 1 unspecified atom stereocenters. The van der Waals surface area contributed by atoms with Crippen LogP contribution < -0.4 is 4.74 Å². The second kappa shape index (κ2) is 13.7. The lowest BCUT2D eigenvalue weighted by atomic mass is 9.83. The van der Waals surface area contributed by atoms with Gasteiger partial charge in [0.25, 0.3) is 0 Å². The molecule has 1 aromatic carbocycles. The number of ether oxygens (including phenoxy) is 1. The second-order valence-corrected chi connectivity index (χ2v) is 9.60. The van der Waals surface area contributed by atoms with E-state index >= 15 is 0 Å². The van der Waals surface area contributed by atoms with Crippen LogP contribution in [-0.2, 0) is 11.2 Å². The molecule has 0 aliphatic carbocycles. The van der Waals surface area contributed by atoms with Crippen molar-refractivity contribution in [1.29, 1.82) is 5.26 Å². The maximum atomic E-state index is 12.5. The van der Waals surface area contributed by atoms with Crippen molar-refractivity contribution in [3.8, 4) is 23.2 Å². The monoisotopic (exact) mass is 449 g/mol. The molecule has 2 rings (SSSR count). The highest BCUT2D eigenvalue weighted by Crippen LogP contribution is 2.28. The van der Waals surface area contributed by atoms with Crippen molar-refractivity contribution in [2.45, 2.75) is 91.9 Å². The van der Waals surface area contributed by atoms with Crippen molar-refractivity contribution in [2.75, 3.05) is 0 Å². The first-order valence-electron chi connectivity index (χ1n) is 12.4. The molecule has 0 aliphatic heterocycles. The van der Waals surface area contributed by atoms with E-state index < -0.39 is 11.4 Å². The third kappa shape index (κ3) is 8.96. The minimum absolute atomic E-state index is 0.222. The van der Waals surface area contributed by atoms with Crippen molar-refractivity contribution < 1.29 is 9.53 Å². The molecular formula is C28H39N3O2. The Morgan fingerprint density at radius 3 is 2.12 bits per heavy atom. The van der Waals surface area contributed by atoms with Crippen LogP contribution in [0.1, 0.15) is 91.0 Å². The summed E-state index contributed by atoms with van der Waals surface area (Å²) in [6.07, 6.45) is 15.8. The molecular weight excluding hydrogens is 410 g/mol. The number of nitrogens with zero attached hydrogens (tertiary/aromatic N) is 3. The van der Waals surface area contributed by atoms with Gasteiger partial charge in [0, 0.05) is 18.0 Å². The van der Waals surface area contributed by atoms with Crippen LogP contribution in [0.3, 0.4) is 0 Å². The molecule has 33 heavy (non-hydrogen) atoms. The summed E-state index contributed by atoms with van der Waals surface area (Å²) >= 11 is 0. The largest absolute Gasteiger partial charge is 0.425 e. The van der Waals surface area contributed by atoms with Gasteiger partial charge < -0.3 is 4.74 Å². The summed E-state index contributed by atoms with van der Waals surface area (Å²) in [7, 11) is 0. The van der Waals surface area contributed by atoms with Gasteiger partial charge in [-0.2, -0.15) is 5.26 Å². The molecule has 1 aromatic heterocycles. The fraction of sp³-hybridized carbons (Fsp3) is 0.571. The Morgan fingerprint density at radius 1 is 1.00 bits per heavy atom. The number of carbonyl (C=O) groups excluding carboxylic acids is 1. The van der Waals surface area contributed by atoms with E-state index in [-0.39, 0.29) is 5.92 Å². The van der Waals surface area contributed by atoms with Crippen LogP contribution in [0.15, 0.2) is 36.7 Å². The molecule has 5 nitrogen and oxygen atoms in total. The Hall–Kier alpha value is -2.74. The molecule has 0 bridgehead atoms. The molecule has 1 atom stereocenters. The maximum Gasteiger partial charge on any atom is 0.331 e. The van der Waals surface area contributed by atoms with Gasteiger partial charge in [0.15, 0.2) is 11.2 Å². The Balaban J connectivity index is 1.83. The number of esters is 1. The van der Waals surface area contributed by atoms with Gasteiger partial charge in [-0.25, -0.2) is 14.8 Å². The summed E-state index contributed by atoms with van der Waals surface area (Å²) < 4.78 is 5.47. The summed E-state index contributed by atoms with van der Waals surface area (Å²) in [5.74, 6) is 0.766. The summed E-state index contributed by atoms with van der Waals surface area (Å²) in [5.41, 5.74) is 0.871. The summed E-state index contributed by atoms with van der Waals surface area (Å²) in [6.45, 7) is 7.85. The average Bonchev–Trinajstić information content (AvgIpc) is 2.81. The number of hydrogen-bond donors (Lipinski definition) is 0. The highest BCUT2D eigenvalue weighted by Gasteiger charge is 2.36. The molecule has 5 heteroatoms. The molecule has 0 spiro atoms. The van der Waals surface area contributed by atoms with Gasteiger partial charge >= 0.3 is 5.97 Å². The standard InChI is InChI=1S/C28H39N3O2/c1-5-6-7-8-9-10-11-12-13-23-19-30-26(31-20-23)24-14-16-25(17-15-24)33-27(32)28(4,21-29)18-22(2)3/h14-17,19-20,22H,5-13,18H2,1-4H3. The number of hydrogen-bond acceptors (Lipinski definition) is 5. The van der Waals surface area contributed by atoms with Gasteiger partial charge in [-0.1, -0.05) is 65.7 Å². The van der Waals surface area contributed by atoms with Crippen LogP contribution in [0.2, 0.25) is 0 Å². The number of carbonyl (C=O) groups is 1. The zero-order valence-electron chi connectivity index (χ0n) is 20.8. The minimum Gasteiger partial charge on any atom is -0.425 e. The topological polar surface area (TPSA) is 75.9 Å². The third-order valence-corrected chi connectivity index (χ3v) is 5.86. The quantitative estimate of drug-likeness (QED) is 0.172. The van der Waals surface area contributed by atoms with Crippen molar-refractivity contribution in [1.82, 2.24) is 9.97 Å². The van der Waals surface area contributed by atoms with Gasteiger partial charge in [0.05, 0.1) is 6.07 Å². The highest BCUT2D eigenvalue weighted by molar-refractivity contribution is 5.81. The zero-order chi connectivity index (χ0) is 24.1. The molecule has 0 fully saturated rings. The number of aromatic nitrogens is 2. The van der Waals surface area contributed by atoms with Crippen molar-refractivity contribution in [2.24, 2.45) is 11.3 Å². The lowest BCUT2D eigenvalue weighted by Gasteiger charge is -2.21. The smallest absolute Gasteiger partial charge is 0.331 e. The number of nitriles is 1. The van der Waals surface area contributed by atoms with Crippen LogP contribution in [0, 0.1) is 22.7 Å². The molecule has 0 N–H and O–H groups in total. The third-order valence-electron chi connectivity index (χ3n) is 5.86. The lowest BCUT2D eigenvalue weighted by molar-refractivity contribution is -0.142. The first-order chi connectivity index (χ1) is 15.9. The molecule has 1 heterocycles. The summed E-state index contributed by atoms with van der Waals surface area (Å²) in [5, 5.41) is 9.45. The summed E-state index contributed by atoms with van der Waals surface area (Å²) in [6, 6.07) is 9.22. The van der Waals surface area contributed by atoms with E-state index in [0.29, 0.717) is 18.0 Å². The number of rotatable bonds is 14. The van der Waals surface area contributed by atoms with E-state index in [0.717, 1.165) is 17.5 Å². The van der Waals surface area contributed by atoms with Gasteiger partial charge in [0.2, 0.25) is 0 Å². The minimum atomic E-state index is -1.15.